The maximum Gasteiger partial charge on any atom is 0.232 e. The van der Waals surface area contributed by atoms with Crippen LogP contribution >= 0.6 is 0 Å². The number of furan rings is 1. The fourth-order valence-electron chi connectivity index (χ4n) is 6.68. The Hall–Kier alpha value is -6.79. The molecule has 0 aliphatic rings. The quantitative estimate of drug-likeness (QED) is 0.162. The molecule has 0 unspecified atom stereocenters. The molecule has 0 aliphatic carbocycles. The third kappa shape index (κ3) is 4.85. The SMILES string of the molecule is C=C/C(=C\C=C/C)c1cc(-c2ccccc2)nc(-c2cccc(-c3ccc4c(c3)nc3n(-c5ccccc5)c5oc6ccccc6c5n43)c2)n1. The van der Waals surface area contributed by atoms with Gasteiger partial charge in [0.2, 0.25) is 11.5 Å². The Balaban J connectivity index is 1.20. The second kappa shape index (κ2) is 12.0. The number of imidazole rings is 2. The van der Waals surface area contributed by atoms with Crippen molar-refractivity contribution in [3.8, 4) is 39.5 Å². The lowest BCUT2D eigenvalue weighted by atomic mass is 10.0. The van der Waals surface area contributed by atoms with Crippen LogP contribution in [0.3, 0.4) is 0 Å². The number of rotatable bonds is 7. The summed E-state index contributed by atoms with van der Waals surface area (Å²) in [5, 5.41) is 1.05. The third-order valence-corrected chi connectivity index (χ3v) is 9.06. The van der Waals surface area contributed by atoms with Crippen molar-refractivity contribution >= 4 is 44.6 Å². The highest BCUT2D eigenvalue weighted by atomic mass is 16.3. The summed E-state index contributed by atoms with van der Waals surface area (Å²) >= 11 is 0. The van der Waals surface area contributed by atoms with E-state index in [4.69, 9.17) is 19.4 Å². The summed E-state index contributed by atoms with van der Waals surface area (Å²) < 4.78 is 10.8. The lowest BCUT2D eigenvalue weighted by Crippen LogP contribution is -1.98. The maximum absolute atomic E-state index is 6.44. The molecule has 238 valence electrons. The van der Waals surface area contributed by atoms with Gasteiger partial charge in [0, 0.05) is 16.5 Å². The van der Waals surface area contributed by atoms with Crippen molar-refractivity contribution in [2.45, 2.75) is 6.92 Å². The zero-order valence-corrected chi connectivity index (χ0v) is 27.4. The Morgan fingerprint density at radius 2 is 1.44 bits per heavy atom. The number of allylic oxidation sites excluding steroid dienone is 5. The molecule has 0 spiro atoms. The minimum Gasteiger partial charge on any atom is -0.437 e. The summed E-state index contributed by atoms with van der Waals surface area (Å²) in [7, 11) is 0. The molecule has 0 fully saturated rings. The largest absolute Gasteiger partial charge is 0.437 e. The van der Waals surface area contributed by atoms with Crippen molar-refractivity contribution in [3.05, 3.63) is 170 Å². The molecule has 4 heterocycles. The van der Waals surface area contributed by atoms with E-state index < -0.39 is 0 Å². The summed E-state index contributed by atoms with van der Waals surface area (Å²) in [4.78, 5) is 15.3. The molecule has 6 heteroatoms. The van der Waals surface area contributed by atoms with Crippen LogP contribution in [0.4, 0.5) is 0 Å². The molecule has 0 amide bonds. The minimum atomic E-state index is 0.649. The van der Waals surface area contributed by atoms with E-state index in [-0.39, 0.29) is 0 Å². The second-order valence-electron chi connectivity index (χ2n) is 12.1. The van der Waals surface area contributed by atoms with E-state index in [9.17, 15) is 0 Å². The number of hydrogen-bond acceptors (Lipinski definition) is 4. The zero-order chi connectivity index (χ0) is 33.6. The van der Waals surface area contributed by atoms with Crippen LogP contribution in [0, 0.1) is 0 Å². The van der Waals surface area contributed by atoms with Gasteiger partial charge in [-0.2, -0.15) is 0 Å². The normalized spacial score (nSPS) is 12.2. The van der Waals surface area contributed by atoms with Crippen LogP contribution in [0.25, 0.3) is 84.0 Å². The van der Waals surface area contributed by atoms with E-state index in [2.05, 4.69) is 88.3 Å². The molecular formula is C44H31N5O. The molecule has 0 N–H and O–H groups in total. The van der Waals surface area contributed by atoms with E-state index in [1.807, 2.05) is 91.9 Å². The lowest BCUT2D eigenvalue weighted by molar-refractivity contribution is 0.645. The highest BCUT2D eigenvalue weighted by Crippen LogP contribution is 2.37. The molecule has 0 bridgehead atoms. The molecule has 0 atom stereocenters. The fourth-order valence-corrected chi connectivity index (χ4v) is 6.68. The Labute approximate surface area is 288 Å². The van der Waals surface area contributed by atoms with Crippen LogP contribution < -0.4 is 0 Å². The van der Waals surface area contributed by atoms with Crippen molar-refractivity contribution < 1.29 is 4.42 Å². The fraction of sp³-hybridized carbons (Fsp3) is 0.0227. The molecule has 9 aromatic rings. The molecule has 0 saturated heterocycles. The van der Waals surface area contributed by atoms with Crippen LogP contribution in [0.2, 0.25) is 0 Å². The maximum atomic E-state index is 6.44. The van der Waals surface area contributed by atoms with Crippen molar-refractivity contribution in [2.24, 2.45) is 0 Å². The van der Waals surface area contributed by atoms with Gasteiger partial charge >= 0.3 is 0 Å². The first-order chi connectivity index (χ1) is 24.7. The summed E-state index contributed by atoms with van der Waals surface area (Å²) in [5.41, 5.74) is 12.2. The van der Waals surface area contributed by atoms with Crippen LogP contribution in [-0.2, 0) is 0 Å². The van der Waals surface area contributed by atoms with Crippen LogP contribution in [0.5, 0.6) is 0 Å². The second-order valence-corrected chi connectivity index (χ2v) is 12.1. The highest BCUT2D eigenvalue weighted by Gasteiger charge is 2.23. The average molecular weight is 646 g/mol. The zero-order valence-electron chi connectivity index (χ0n) is 27.4. The molecular weight excluding hydrogens is 615 g/mol. The van der Waals surface area contributed by atoms with Gasteiger partial charge in [0.05, 0.1) is 28.1 Å². The lowest BCUT2D eigenvalue weighted by Gasteiger charge is -2.11. The molecule has 4 aromatic heterocycles. The number of benzene rings is 5. The molecule has 0 radical (unpaired) electrons. The number of aromatic nitrogens is 5. The number of hydrogen-bond donors (Lipinski definition) is 0. The smallest absolute Gasteiger partial charge is 0.232 e. The van der Waals surface area contributed by atoms with Crippen LogP contribution in [0.15, 0.2) is 169 Å². The molecule has 6 nitrogen and oxygen atoms in total. The predicted octanol–water partition coefficient (Wildman–Crippen LogP) is 11.1. The standard InChI is InChI=1S/C44H31N5O/c1-3-5-15-29(4-2)36-28-37(30-16-8-6-9-17-30)46-42(45-36)33-19-14-18-31(26-33)32-24-25-39-38(27-32)47-44-48(34-20-10-7-11-21-34)43-41(49(39)44)35-22-12-13-23-40(35)50-43/h3-28H,2H2,1H3/b5-3-,29-15+. The Morgan fingerprint density at radius 3 is 2.26 bits per heavy atom. The summed E-state index contributed by atoms with van der Waals surface area (Å²) in [6.45, 7) is 6.05. The topological polar surface area (TPSA) is 61.2 Å². The molecule has 0 aliphatic heterocycles. The molecule has 9 rings (SSSR count). The summed E-state index contributed by atoms with van der Waals surface area (Å²) in [5.74, 6) is 1.45. The van der Waals surface area contributed by atoms with Gasteiger partial charge in [0.1, 0.15) is 11.1 Å². The van der Waals surface area contributed by atoms with E-state index in [0.717, 1.165) is 83.9 Å². The number of fused-ring (bicyclic) bond motifs is 7. The van der Waals surface area contributed by atoms with Crippen molar-refractivity contribution in [1.82, 2.24) is 23.9 Å². The number of para-hydroxylation sites is 2. The van der Waals surface area contributed by atoms with Gasteiger partial charge in [-0.25, -0.2) is 19.5 Å². The van der Waals surface area contributed by atoms with Crippen molar-refractivity contribution in [1.29, 1.82) is 0 Å². The van der Waals surface area contributed by atoms with E-state index in [0.29, 0.717) is 5.82 Å². The van der Waals surface area contributed by atoms with E-state index in [1.54, 1.807) is 0 Å². The minimum absolute atomic E-state index is 0.649. The van der Waals surface area contributed by atoms with Gasteiger partial charge in [0.15, 0.2) is 5.82 Å². The van der Waals surface area contributed by atoms with Gasteiger partial charge < -0.3 is 4.42 Å². The first kappa shape index (κ1) is 29.4. The van der Waals surface area contributed by atoms with Crippen LogP contribution in [0.1, 0.15) is 12.6 Å². The molecule has 0 saturated carbocycles. The third-order valence-electron chi connectivity index (χ3n) is 9.06. The van der Waals surface area contributed by atoms with Crippen molar-refractivity contribution in [3.63, 3.8) is 0 Å². The molecule has 5 aromatic carbocycles. The van der Waals surface area contributed by atoms with Gasteiger partial charge in [-0.15, -0.1) is 0 Å². The average Bonchev–Trinajstić information content (AvgIpc) is 3.82. The van der Waals surface area contributed by atoms with Gasteiger partial charge in [-0.1, -0.05) is 116 Å². The Morgan fingerprint density at radius 1 is 0.700 bits per heavy atom. The monoisotopic (exact) mass is 645 g/mol. The summed E-state index contributed by atoms with van der Waals surface area (Å²) in [6.07, 6.45) is 7.85. The van der Waals surface area contributed by atoms with E-state index >= 15 is 0 Å². The van der Waals surface area contributed by atoms with Crippen LogP contribution in [-0.4, -0.2) is 23.9 Å². The first-order valence-electron chi connectivity index (χ1n) is 16.6. The summed E-state index contributed by atoms with van der Waals surface area (Å²) in [6, 6.07) is 45.5. The van der Waals surface area contributed by atoms with Gasteiger partial charge in [-0.05, 0) is 72.2 Å². The van der Waals surface area contributed by atoms with E-state index in [1.165, 1.54) is 0 Å². The molecule has 50 heavy (non-hydrogen) atoms. The van der Waals surface area contributed by atoms with Gasteiger partial charge in [-0.3, -0.25) is 4.40 Å². The first-order valence-corrected chi connectivity index (χ1v) is 16.6. The van der Waals surface area contributed by atoms with Crippen molar-refractivity contribution in [2.75, 3.05) is 0 Å². The Kier molecular flexibility index (Phi) is 7.06. The predicted molar refractivity (Wildman–Crippen MR) is 204 cm³/mol. The van der Waals surface area contributed by atoms with Gasteiger partial charge in [0.25, 0.3) is 0 Å². The number of nitrogens with zero attached hydrogens (tertiary/aromatic N) is 5. The highest BCUT2D eigenvalue weighted by molar-refractivity contribution is 6.06. The Bertz CT molecular complexity index is 2780.